The van der Waals surface area contributed by atoms with Gasteiger partial charge in [-0.1, -0.05) is 52.2 Å². The number of rotatable bonds is 9. The Morgan fingerprint density at radius 1 is 1.09 bits per heavy atom. The Hall–Kier alpha value is -2.60. The third kappa shape index (κ3) is 13.8. The molecule has 0 aliphatic heterocycles. The summed E-state index contributed by atoms with van der Waals surface area (Å²) in [4.78, 5) is 20.6. The molecule has 0 radical (unpaired) electrons. The van der Waals surface area contributed by atoms with E-state index < -0.39 is 17.5 Å². The van der Waals surface area contributed by atoms with Gasteiger partial charge in [0, 0.05) is 5.57 Å². The van der Waals surface area contributed by atoms with E-state index in [9.17, 15) is 9.59 Å². The van der Waals surface area contributed by atoms with Crippen molar-refractivity contribution in [1.29, 1.82) is 10.5 Å². The number of carbonyl (C=O) groups excluding carboxylic acids is 1. The van der Waals surface area contributed by atoms with Crippen molar-refractivity contribution in [3.63, 3.8) is 0 Å². The highest BCUT2D eigenvalue weighted by molar-refractivity contribution is 5.90. The Bertz CT molecular complexity index is 470. The summed E-state index contributed by atoms with van der Waals surface area (Å²) in [6.45, 7) is 8.67. The second-order valence-electron chi connectivity index (χ2n) is 4.50. The molecule has 0 aromatic heterocycles. The van der Waals surface area contributed by atoms with Gasteiger partial charge in [0.25, 0.3) is 6.26 Å². The zero-order valence-corrected chi connectivity index (χ0v) is 12.9. The Kier molecular flexibility index (Phi) is 14.6. The lowest BCUT2D eigenvalue weighted by Gasteiger charge is -2.01. The molecule has 0 fully saturated rings. The highest BCUT2D eigenvalue weighted by Crippen LogP contribution is 2.11. The second-order valence-corrected chi connectivity index (χ2v) is 4.50. The van der Waals surface area contributed by atoms with Gasteiger partial charge in [-0.15, -0.1) is 5.26 Å². The van der Waals surface area contributed by atoms with Crippen LogP contribution in [-0.4, -0.2) is 17.0 Å². The summed E-state index contributed by atoms with van der Waals surface area (Å²) in [5.74, 6) is -1.85. The van der Waals surface area contributed by atoms with E-state index in [-0.39, 0.29) is 0 Å². The molecule has 0 amide bonds. The number of ether oxygens (including phenoxy) is 1. The van der Waals surface area contributed by atoms with E-state index in [1.807, 2.05) is 0 Å². The SMILES string of the molecule is C=C(C#N)C(=O)O.C=C(CCCCCCCC)C(=O)OC#N. The van der Waals surface area contributed by atoms with Crippen LogP contribution >= 0.6 is 0 Å². The number of carbonyl (C=O) groups is 2. The van der Waals surface area contributed by atoms with Gasteiger partial charge in [-0.05, 0) is 12.8 Å². The van der Waals surface area contributed by atoms with Gasteiger partial charge in [0.15, 0.2) is 0 Å². The Morgan fingerprint density at radius 3 is 2.05 bits per heavy atom. The highest BCUT2D eigenvalue weighted by atomic mass is 16.5. The Labute approximate surface area is 131 Å². The third-order valence-corrected chi connectivity index (χ3v) is 2.65. The largest absolute Gasteiger partial charge is 0.477 e. The predicted octanol–water partition coefficient (Wildman–Crippen LogP) is 3.47. The van der Waals surface area contributed by atoms with Gasteiger partial charge < -0.3 is 9.84 Å². The third-order valence-electron chi connectivity index (χ3n) is 2.65. The monoisotopic (exact) mass is 306 g/mol. The molecule has 0 saturated carbocycles. The van der Waals surface area contributed by atoms with E-state index in [0.717, 1.165) is 12.8 Å². The zero-order chi connectivity index (χ0) is 17.4. The molecule has 1 N–H and O–H groups in total. The van der Waals surface area contributed by atoms with Crippen molar-refractivity contribution in [1.82, 2.24) is 0 Å². The number of carboxylic acids is 1. The van der Waals surface area contributed by atoms with Crippen molar-refractivity contribution >= 4 is 11.9 Å². The summed E-state index contributed by atoms with van der Waals surface area (Å²) < 4.78 is 4.17. The number of nitriles is 2. The van der Waals surface area contributed by atoms with Gasteiger partial charge in [0.05, 0.1) is 0 Å². The second kappa shape index (κ2) is 14.8. The zero-order valence-electron chi connectivity index (χ0n) is 12.9. The maximum absolute atomic E-state index is 11.0. The number of carboxylic acid groups (broad SMARTS) is 1. The lowest BCUT2D eigenvalue weighted by molar-refractivity contribution is -0.133. The molecule has 0 aromatic carbocycles. The fraction of sp³-hybridized carbons (Fsp3) is 0.500. The van der Waals surface area contributed by atoms with Crippen molar-refractivity contribution < 1.29 is 19.4 Å². The van der Waals surface area contributed by atoms with Gasteiger partial charge in [-0.25, -0.2) is 9.59 Å². The van der Waals surface area contributed by atoms with Crippen molar-refractivity contribution in [2.45, 2.75) is 51.9 Å². The molecule has 0 heterocycles. The molecule has 6 nitrogen and oxygen atoms in total. The summed E-state index contributed by atoms with van der Waals surface area (Å²) in [6.07, 6.45) is 9.02. The van der Waals surface area contributed by atoms with Gasteiger partial charge >= 0.3 is 11.9 Å². The van der Waals surface area contributed by atoms with Crippen LogP contribution in [0, 0.1) is 22.8 Å². The van der Waals surface area contributed by atoms with Crippen LogP contribution in [0.3, 0.4) is 0 Å². The molecule has 0 spiro atoms. The summed E-state index contributed by atoms with van der Waals surface area (Å²) >= 11 is 0. The van der Waals surface area contributed by atoms with Crippen molar-refractivity contribution in [3.05, 3.63) is 24.3 Å². The fourth-order valence-corrected chi connectivity index (χ4v) is 1.38. The average Bonchev–Trinajstić information content (AvgIpc) is 2.50. The quantitative estimate of drug-likeness (QED) is 0.229. The minimum Gasteiger partial charge on any atom is -0.477 e. The number of unbranched alkanes of at least 4 members (excludes halogenated alkanes) is 5. The first-order chi connectivity index (χ1) is 10.4. The van der Waals surface area contributed by atoms with Crippen LogP contribution in [0.4, 0.5) is 0 Å². The fourth-order valence-electron chi connectivity index (χ4n) is 1.38. The first kappa shape index (κ1) is 21.7. The minimum atomic E-state index is -1.26. The van der Waals surface area contributed by atoms with Crippen LogP contribution in [0.25, 0.3) is 0 Å². The summed E-state index contributed by atoms with van der Waals surface area (Å²) in [7, 11) is 0. The summed E-state index contributed by atoms with van der Waals surface area (Å²) in [5, 5.41) is 23.8. The number of hydrogen-bond donors (Lipinski definition) is 1. The molecular formula is C16H22N2O4. The predicted molar refractivity (Wildman–Crippen MR) is 81.2 cm³/mol. The van der Waals surface area contributed by atoms with Gasteiger partial charge in [0.1, 0.15) is 11.6 Å². The smallest absolute Gasteiger partial charge is 0.348 e. The molecule has 0 aliphatic carbocycles. The molecule has 0 bridgehead atoms. The molecular weight excluding hydrogens is 284 g/mol. The van der Waals surface area contributed by atoms with Crippen molar-refractivity contribution in [2.24, 2.45) is 0 Å². The maximum atomic E-state index is 11.0. The molecule has 0 atom stereocenters. The van der Waals surface area contributed by atoms with E-state index in [2.05, 4.69) is 24.8 Å². The Morgan fingerprint density at radius 2 is 1.64 bits per heavy atom. The van der Waals surface area contributed by atoms with Crippen molar-refractivity contribution in [2.75, 3.05) is 0 Å². The molecule has 22 heavy (non-hydrogen) atoms. The molecule has 120 valence electrons. The Balaban J connectivity index is 0. The van der Waals surface area contributed by atoms with E-state index in [0.29, 0.717) is 12.0 Å². The lowest BCUT2D eigenvalue weighted by atomic mass is 10.1. The van der Waals surface area contributed by atoms with Crippen LogP contribution in [0.5, 0.6) is 0 Å². The molecule has 0 aliphatic rings. The highest BCUT2D eigenvalue weighted by Gasteiger charge is 2.07. The number of hydrogen-bond acceptors (Lipinski definition) is 5. The normalized spacial score (nSPS) is 8.50. The van der Waals surface area contributed by atoms with E-state index >= 15 is 0 Å². The van der Waals surface area contributed by atoms with E-state index in [1.54, 1.807) is 0 Å². The topological polar surface area (TPSA) is 111 Å². The molecule has 6 heteroatoms. The molecule has 0 saturated heterocycles. The number of nitrogens with zero attached hydrogens (tertiary/aromatic N) is 2. The van der Waals surface area contributed by atoms with Crippen LogP contribution in [0.2, 0.25) is 0 Å². The van der Waals surface area contributed by atoms with Gasteiger partial charge in [-0.3, -0.25) is 0 Å². The van der Waals surface area contributed by atoms with Gasteiger partial charge in [0.2, 0.25) is 0 Å². The van der Waals surface area contributed by atoms with Crippen molar-refractivity contribution in [3.8, 4) is 12.3 Å². The average molecular weight is 306 g/mol. The summed E-state index contributed by atoms with van der Waals surface area (Å²) in [6, 6.07) is 1.37. The number of aliphatic carboxylic acids is 1. The van der Waals surface area contributed by atoms with E-state index in [1.165, 1.54) is 38.0 Å². The molecule has 0 unspecified atom stereocenters. The first-order valence-electron chi connectivity index (χ1n) is 7.01. The molecule has 0 aromatic rings. The first-order valence-corrected chi connectivity index (χ1v) is 7.01. The van der Waals surface area contributed by atoms with Crippen LogP contribution in [0.1, 0.15) is 51.9 Å². The maximum Gasteiger partial charge on any atom is 0.348 e. The van der Waals surface area contributed by atoms with Crippen LogP contribution in [0.15, 0.2) is 24.3 Å². The summed E-state index contributed by atoms with van der Waals surface area (Å²) in [5.41, 5.74) is -0.0351. The standard InChI is InChI=1S/C12H19NO2.C4H3NO2/c1-3-4-5-6-7-8-9-11(2)12(14)15-10-13;1-3(2-5)4(6)7/h2-9H2,1H3;1H2,(H,6,7). The molecule has 0 rings (SSSR count). The van der Waals surface area contributed by atoms with E-state index in [4.69, 9.17) is 15.6 Å². The van der Waals surface area contributed by atoms with Crippen LogP contribution < -0.4 is 0 Å². The number of esters is 1. The minimum absolute atomic E-state index is 0.395. The lowest BCUT2D eigenvalue weighted by Crippen LogP contribution is -2.02. The van der Waals surface area contributed by atoms with Gasteiger partial charge in [-0.2, -0.15) is 5.26 Å². The van der Waals surface area contributed by atoms with Crippen LogP contribution in [-0.2, 0) is 14.3 Å².